The lowest BCUT2D eigenvalue weighted by molar-refractivity contribution is -0.121. The molecular weight excluding hydrogens is 569 g/mol. The molecule has 3 aromatic rings. The van der Waals surface area contributed by atoms with E-state index in [9.17, 15) is 24.9 Å². The number of carbonyl (C=O) groups excluding carboxylic acids is 3. The van der Waals surface area contributed by atoms with Crippen LogP contribution in [0.15, 0.2) is 53.6 Å². The zero-order valence-electron chi connectivity index (χ0n) is 20.7. The van der Waals surface area contributed by atoms with Gasteiger partial charge in [-0.25, -0.2) is 9.88 Å². The molecular formula is C29H19Cl2N5O3S. The minimum atomic E-state index is -0.821. The van der Waals surface area contributed by atoms with Crippen molar-refractivity contribution >= 4 is 70.1 Å². The third-order valence-corrected chi connectivity index (χ3v) is 8.61. The van der Waals surface area contributed by atoms with Gasteiger partial charge >= 0.3 is 0 Å². The van der Waals surface area contributed by atoms with E-state index < -0.39 is 17.1 Å². The summed E-state index contributed by atoms with van der Waals surface area (Å²) in [7, 11) is 0. The van der Waals surface area contributed by atoms with Crippen molar-refractivity contribution in [1.29, 1.82) is 10.5 Å². The molecule has 1 saturated carbocycles. The number of rotatable bonds is 7. The van der Waals surface area contributed by atoms with E-state index in [4.69, 9.17) is 28.9 Å². The van der Waals surface area contributed by atoms with Gasteiger partial charge in [-0.05, 0) is 72.4 Å². The van der Waals surface area contributed by atoms with Gasteiger partial charge in [-0.3, -0.25) is 14.4 Å². The summed E-state index contributed by atoms with van der Waals surface area (Å²) >= 11 is 13.2. The van der Waals surface area contributed by atoms with Crippen molar-refractivity contribution in [3.05, 3.63) is 86.4 Å². The second kappa shape index (κ2) is 11.1. The predicted molar refractivity (Wildman–Crippen MR) is 153 cm³/mol. The van der Waals surface area contributed by atoms with Crippen LogP contribution in [0.4, 0.5) is 11.5 Å². The molecule has 2 aliphatic rings. The molecule has 198 valence electrons. The number of aromatic nitrogens is 1. The topological polar surface area (TPSA) is 141 Å². The number of amides is 2. The fraction of sp³-hybridized carbons (Fsp3) is 0.172. The molecule has 2 amide bonds. The molecule has 11 heteroatoms. The standard InChI is InChI=1S/C29H19Cl2N5O3S/c30-21-3-1-2-17(26(21)31)8-11-22(37)15-6-9-18(10-7-15)36-24(38)12-23(29(36)39)40-28-20(14-33)25(16-4-5-16)19(13-32)27(34)35-28/h1-3,6-11,16,23H,4-5,12H2,(H2,34,35)/b11-8+. The summed E-state index contributed by atoms with van der Waals surface area (Å²) < 4.78 is 0. The van der Waals surface area contributed by atoms with Crippen LogP contribution in [0.5, 0.6) is 0 Å². The van der Waals surface area contributed by atoms with Crippen molar-refractivity contribution in [2.45, 2.75) is 35.5 Å². The molecule has 1 aliphatic heterocycles. The lowest BCUT2D eigenvalue weighted by Gasteiger charge is -2.16. The molecule has 8 nitrogen and oxygen atoms in total. The Hall–Kier alpha value is -4.15. The number of halogens is 2. The number of nitrogens with two attached hydrogens (primary N) is 1. The van der Waals surface area contributed by atoms with E-state index in [0.29, 0.717) is 32.4 Å². The quantitative estimate of drug-likeness (QED) is 0.204. The maximum Gasteiger partial charge on any atom is 0.247 e. The molecule has 0 spiro atoms. The number of pyridine rings is 1. The third kappa shape index (κ3) is 5.20. The first-order valence-corrected chi connectivity index (χ1v) is 13.8. The first-order chi connectivity index (χ1) is 19.2. The number of imide groups is 1. The highest BCUT2D eigenvalue weighted by Gasteiger charge is 2.42. The summed E-state index contributed by atoms with van der Waals surface area (Å²) in [5.74, 6) is -1.11. The number of thioether (sulfide) groups is 1. The number of nitriles is 2. The van der Waals surface area contributed by atoms with Crippen LogP contribution in [-0.2, 0) is 9.59 Å². The predicted octanol–water partition coefficient (Wildman–Crippen LogP) is 5.91. The third-order valence-electron chi connectivity index (χ3n) is 6.60. The van der Waals surface area contributed by atoms with Gasteiger partial charge in [0.15, 0.2) is 5.78 Å². The normalized spacial score (nSPS) is 16.8. The maximum absolute atomic E-state index is 13.3. The molecule has 2 N–H and O–H groups in total. The van der Waals surface area contributed by atoms with Crippen LogP contribution in [0.25, 0.3) is 6.08 Å². The molecule has 2 fully saturated rings. The zero-order valence-corrected chi connectivity index (χ0v) is 23.1. The monoisotopic (exact) mass is 587 g/mol. The summed E-state index contributed by atoms with van der Waals surface area (Å²) in [6.07, 6.45) is 4.51. The number of anilines is 2. The lowest BCUT2D eigenvalue weighted by atomic mass is 10.0. The van der Waals surface area contributed by atoms with Crippen LogP contribution in [-0.4, -0.2) is 27.8 Å². The van der Waals surface area contributed by atoms with E-state index in [1.54, 1.807) is 24.3 Å². The summed E-state index contributed by atoms with van der Waals surface area (Å²) in [5.41, 5.74) is 8.28. The Morgan fingerprint density at radius 1 is 1.07 bits per heavy atom. The first-order valence-electron chi connectivity index (χ1n) is 12.2. The average Bonchev–Trinajstić information content (AvgIpc) is 3.74. The number of carbonyl (C=O) groups is 3. The van der Waals surface area contributed by atoms with Gasteiger partial charge in [-0.1, -0.05) is 47.1 Å². The van der Waals surface area contributed by atoms with E-state index >= 15 is 0 Å². The molecule has 40 heavy (non-hydrogen) atoms. The molecule has 0 radical (unpaired) electrons. The van der Waals surface area contributed by atoms with Gasteiger partial charge in [0.1, 0.15) is 23.0 Å². The number of ketones is 1. The minimum absolute atomic E-state index is 0.00599. The van der Waals surface area contributed by atoms with Gasteiger partial charge < -0.3 is 5.73 Å². The maximum atomic E-state index is 13.3. The number of hydrogen-bond acceptors (Lipinski definition) is 8. The number of benzene rings is 2. The van der Waals surface area contributed by atoms with Crippen molar-refractivity contribution < 1.29 is 14.4 Å². The van der Waals surface area contributed by atoms with Crippen LogP contribution in [0, 0.1) is 22.7 Å². The second-order valence-corrected chi connectivity index (χ2v) is 11.2. The van der Waals surface area contributed by atoms with E-state index in [1.807, 2.05) is 6.07 Å². The van der Waals surface area contributed by atoms with Gasteiger partial charge in [-0.2, -0.15) is 10.5 Å². The highest BCUT2D eigenvalue weighted by Crippen LogP contribution is 2.47. The van der Waals surface area contributed by atoms with Gasteiger partial charge in [0, 0.05) is 12.0 Å². The number of nitrogen functional groups attached to an aromatic ring is 1. The van der Waals surface area contributed by atoms with Crippen LogP contribution < -0.4 is 10.6 Å². The molecule has 2 heterocycles. The number of nitrogens with zero attached hydrogens (tertiary/aromatic N) is 4. The Bertz CT molecular complexity index is 1690. The molecule has 1 saturated heterocycles. The number of allylic oxidation sites excluding steroid dienone is 1. The Morgan fingerprint density at radius 3 is 2.42 bits per heavy atom. The smallest absolute Gasteiger partial charge is 0.247 e. The van der Waals surface area contributed by atoms with Crippen molar-refractivity contribution in [2.24, 2.45) is 0 Å². The summed E-state index contributed by atoms with van der Waals surface area (Å²) in [6, 6.07) is 15.4. The van der Waals surface area contributed by atoms with Crippen LogP contribution >= 0.6 is 35.0 Å². The van der Waals surface area contributed by atoms with Gasteiger partial charge in [-0.15, -0.1) is 0 Å². The summed E-state index contributed by atoms with van der Waals surface area (Å²) in [4.78, 5) is 44.1. The Kier molecular flexibility index (Phi) is 7.64. The molecule has 1 unspecified atom stereocenters. The Balaban J connectivity index is 1.34. The fourth-order valence-electron chi connectivity index (χ4n) is 4.48. The van der Waals surface area contributed by atoms with Crippen molar-refractivity contribution in [2.75, 3.05) is 10.6 Å². The SMILES string of the molecule is N#Cc1c(N)nc(SC2CC(=O)N(c3ccc(C(=O)/C=C/c4cccc(Cl)c4Cl)cc3)C2=O)c(C#N)c1C1CC1. The zero-order chi connectivity index (χ0) is 28.6. The average molecular weight is 588 g/mol. The van der Waals surface area contributed by atoms with Gasteiger partial charge in [0.25, 0.3) is 0 Å². The Morgan fingerprint density at radius 2 is 1.77 bits per heavy atom. The molecule has 1 aromatic heterocycles. The highest BCUT2D eigenvalue weighted by atomic mass is 35.5. The first kappa shape index (κ1) is 27.4. The number of hydrogen-bond donors (Lipinski definition) is 1. The molecule has 1 atom stereocenters. The Labute approximate surface area is 244 Å². The summed E-state index contributed by atoms with van der Waals surface area (Å²) in [5, 5.41) is 19.5. The fourth-order valence-corrected chi connectivity index (χ4v) is 5.98. The lowest BCUT2D eigenvalue weighted by Crippen LogP contribution is -2.31. The molecule has 2 aromatic carbocycles. The van der Waals surface area contributed by atoms with Crippen molar-refractivity contribution in [1.82, 2.24) is 4.98 Å². The van der Waals surface area contributed by atoms with Crippen LogP contribution in [0.2, 0.25) is 10.0 Å². The van der Waals surface area contributed by atoms with E-state index in [0.717, 1.165) is 29.5 Å². The van der Waals surface area contributed by atoms with E-state index in [-0.39, 0.29) is 40.1 Å². The largest absolute Gasteiger partial charge is 0.383 e. The molecule has 5 rings (SSSR count). The summed E-state index contributed by atoms with van der Waals surface area (Å²) in [6.45, 7) is 0. The van der Waals surface area contributed by atoms with Crippen LogP contribution in [0.1, 0.15) is 57.8 Å². The van der Waals surface area contributed by atoms with E-state index in [2.05, 4.69) is 11.1 Å². The van der Waals surface area contributed by atoms with E-state index in [1.165, 1.54) is 30.3 Å². The van der Waals surface area contributed by atoms with Crippen LogP contribution in [0.3, 0.4) is 0 Å². The van der Waals surface area contributed by atoms with Gasteiger partial charge in [0.05, 0.1) is 32.1 Å². The molecule has 0 bridgehead atoms. The second-order valence-electron chi connectivity index (χ2n) is 9.23. The van der Waals surface area contributed by atoms with Gasteiger partial charge in [0.2, 0.25) is 11.8 Å². The van der Waals surface area contributed by atoms with Crippen molar-refractivity contribution in [3.8, 4) is 12.1 Å². The minimum Gasteiger partial charge on any atom is -0.383 e. The highest BCUT2D eigenvalue weighted by molar-refractivity contribution is 8.00. The molecule has 1 aliphatic carbocycles. The van der Waals surface area contributed by atoms with Crippen molar-refractivity contribution in [3.63, 3.8) is 0 Å².